The number of rotatable bonds is 2. The van der Waals surface area contributed by atoms with Crippen LogP contribution in [0.1, 0.15) is 20.8 Å². The predicted molar refractivity (Wildman–Crippen MR) is 75.8 cm³/mol. The van der Waals surface area contributed by atoms with Gasteiger partial charge in [-0.2, -0.15) is 4.39 Å². The molecule has 0 radical (unpaired) electrons. The number of thiophene rings is 1. The van der Waals surface area contributed by atoms with Crippen LogP contribution in [0.3, 0.4) is 0 Å². The molecule has 2 heterocycles. The van der Waals surface area contributed by atoms with Gasteiger partial charge in [0.2, 0.25) is 5.82 Å². The molecule has 0 N–H and O–H groups in total. The predicted octanol–water partition coefficient (Wildman–Crippen LogP) is 2.99. The standard InChI is InChI=1S/C14H11FN2O3S/c15-11-2-1-9(7-12(11)17(19)20)14(18)16-5-3-13-10(8-16)4-6-21-13/h1-2,4,6-7H,3,5,8H2. The minimum Gasteiger partial charge on any atom is -0.334 e. The fourth-order valence-corrected chi connectivity index (χ4v) is 3.28. The molecule has 0 spiro atoms. The second-order valence-electron chi connectivity index (χ2n) is 4.77. The fourth-order valence-electron chi connectivity index (χ4n) is 2.39. The summed E-state index contributed by atoms with van der Waals surface area (Å²) in [5.74, 6) is -1.25. The maximum Gasteiger partial charge on any atom is 0.305 e. The Morgan fingerprint density at radius 3 is 2.95 bits per heavy atom. The summed E-state index contributed by atoms with van der Waals surface area (Å²) in [4.78, 5) is 25.2. The molecule has 0 atom stereocenters. The maximum absolute atomic E-state index is 13.3. The van der Waals surface area contributed by atoms with Gasteiger partial charge in [-0.1, -0.05) is 0 Å². The van der Waals surface area contributed by atoms with E-state index in [2.05, 4.69) is 0 Å². The first-order chi connectivity index (χ1) is 10.1. The SMILES string of the molecule is O=C(c1ccc(F)c([N+](=O)[O-])c1)N1CCc2sccc2C1. The van der Waals surface area contributed by atoms with Gasteiger partial charge in [0.05, 0.1) is 4.92 Å². The van der Waals surface area contributed by atoms with E-state index in [4.69, 9.17) is 0 Å². The Hall–Kier alpha value is -2.28. The lowest BCUT2D eigenvalue weighted by molar-refractivity contribution is -0.387. The highest BCUT2D eigenvalue weighted by Gasteiger charge is 2.24. The molecule has 0 unspecified atom stereocenters. The Bertz CT molecular complexity index is 729. The molecule has 5 nitrogen and oxygen atoms in total. The molecule has 1 aromatic carbocycles. The normalized spacial score (nSPS) is 13.9. The van der Waals surface area contributed by atoms with Gasteiger partial charge < -0.3 is 4.90 Å². The van der Waals surface area contributed by atoms with Crippen LogP contribution in [0.25, 0.3) is 0 Å². The Morgan fingerprint density at radius 2 is 2.19 bits per heavy atom. The van der Waals surface area contributed by atoms with Gasteiger partial charge >= 0.3 is 5.69 Å². The van der Waals surface area contributed by atoms with Crippen molar-refractivity contribution in [2.24, 2.45) is 0 Å². The molecule has 0 saturated heterocycles. The van der Waals surface area contributed by atoms with E-state index in [0.717, 1.165) is 24.1 Å². The Labute approximate surface area is 123 Å². The van der Waals surface area contributed by atoms with E-state index in [1.807, 2.05) is 11.4 Å². The summed E-state index contributed by atoms with van der Waals surface area (Å²) >= 11 is 1.67. The zero-order valence-corrected chi connectivity index (χ0v) is 11.7. The topological polar surface area (TPSA) is 63.4 Å². The number of hydrogen-bond donors (Lipinski definition) is 0. The minimum absolute atomic E-state index is 0.141. The minimum atomic E-state index is -0.935. The third-order valence-corrected chi connectivity index (χ3v) is 4.51. The molecule has 0 saturated carbocycles. The lowest BCUT2D eigenvalue weighted by atomic mass is 10.1. The van der Waals surface area contributed by atoms with E-state index >= 15 is 0 Å². The van der Waals surface area contributed by atoms with Crippen LogP contribution in [0.5, 0.6) is 0 Å². The van der Waals surface area contributed by atoms with Crippen molar-refractivity contribution in [3.05, 3.63) is 61.6 Å². The summed E-state index contributed by atoms with van der Waals surface area (Å²) in [6, 6.07) is 5.23. The van der Waals surface area contributed by atoms with E-state index in [9.17, 15) is 19.3 Å². The van der Waals surface area contributed by atoms with Gasteiger partial charge in [-0.15, -0.1) is 11.3 Å². The number of fused-ring (bicyclic) bond motifs is 1. The number of halogens is 1. The van der Waals surface area contributed by atoms with E-state index < -0.39 is 16.4 Å². The zero-order valence-electron chi connectivity index (χ0n) is 10.9. The zero-order chi connectivity index (χ0) is 15.0. The van der Waals surface area contributed by atoms with Gasteiger partial charge in [-0.25, -0.2) is 0 Å². The highest BCUT2D eigenvalue weighted by atomic mass is 32.1. The Morgan fingerprint density at radius 1 is 1.38 bits per heavy atom. The molecule has 108 valence electrons. The number of amides is 1. The third-order valence-electron chi connectivity index (χ3n) is 3.48. The van der Waals surface area contributed by atoms with E-state index in [0.29, 0.717) is 13.1 Å². The lowest BCUT2D eigenvalue weighted by Crippen LogP contribution is -2.35. The second kappa shape index (κ2) is 5.25. The number of hydrogen-bond acceptors (Lipinski definition) is 4. The van der Waals surface area contributed by atoms with E-state index in [1.165, 1.54) is 10.9 Å². The van der Waals surface area contributed by atoms with Crippen molar-refractivity contribution in [3.8, 4) is 0 Å². The van der Waals surface area contributed by atoms with Crippen LogP contribution < -0.4 is 0 Å². The number of carbonyl (C=O) groups excluding carboxylic acids is 1. The Kier molecular flexibility index (Phi) is 3.42. The van der Waals surface area contributed by atoms with Gasteiger partial charge in [0.1, 0.15) is 0 Å². The molecule has 0 fully saturated rings. The quantitative estimate of drug-likeness (QED) is 0.633. The average molecular weight is 306 g/mol. The molecule has 7 heteroatoms. The van der Waals surface area contributed by atoms with Crippen LogP contribution in [-0.4, -0.2) is 22.3 Å². The molecular formula is C14H11FN2O3S. The molecule has 1 amide bonds. The van der Waals surface area contributed by atoms with Gasteiger partial charge in [-0.05, 0) is 35.6 Å². The largest absolute Gasteiger partial charge is 0.334 e. The van der Waals surface area contributed by atoms with Crippen molar-refractivity contribution in [1.29, 1.82) is 0 Å². The van der Waals surface area contributed by atoms with Crippen LogP contribution in [0.4, 0.5) is 10.1 Å². The van der Waals surface area contributed by atoms with Crippen molar-refractivity contribution in [2.75, 3.05) is 6.54 Å². The number of nitrogens with zero attached hydrogens (tertiary/aromatic N) is 2. The first-order valence-corrected chi connectivity index (χ1v) is 7.22. The van der Waals surface area contributed by atoms with Gasteiger partial charge in [0.25, 0.3) is 5.91 Å². The smallest absolute Gasteiger partial charge is 0.305 e. The third kappa shape index (κ3) is 2.52. The fraction of sp³-hybridized carbons (Fsp3) is 0.214. The molecule has 0 aliphatic carbocycles. The van der Waals surface area contributed by atoms with Crippen LogP contribution in [0.15, 0.2) is 29.6 Å². The van der Waals surface area contributed by atoms with Crippen molar-refractivity contribution >= 4 is 22.9 Å². The molecule has 2 aromatic rings. The second-order valence-corrected chi connectivity index (χ2v) is 5.77. The molecule has 21 heavy (non-hydrogen) atoms. The van der Waals surface area contributed by atoms with E-state index in [-0.39, 0.29) is 11.5 Å². The summed E-state index contributed by atoms with van der Waals surface area (Å²) in [6.45, 7) is 1.06. The maximum atomic E-state index is 13.3. The summed E-state index contributed by atoms with van der Waals surface area (Å²) in [5, 5.41) is 12.7. The van der Waals surface area contributed by atoms with Gasteiger partial charge in [-0.3, -0.25) is 14.9 Å². The first kappa shape index (κ1) is 13.7. The summed E-state index contributed by atoms with van der Waals surface area (Å²) in [7, 11) is 0. The van der Waals surface area contributed by atoms with Gasteiger partial charge in [0.15, 0.2) is 0 Å². The molecule has 3 rings (SSSR count). The molecule has 1 aromatic heterocycles. The molecule has 1 aliphatic heterocycles. The van der Waals surface area contributed by atoms with Crippen molar-refractivity contribution < 1.29 is 14.1 Å². The average Bonchev–Trinajstić information content (AvgIpc) is 2.94. The summed E-state index contributed by atoms with van der Waals surface area (Å²) < 4.78 is 13.3. The van der Waals surface area contributed by atoms with Crippen LogP contribution in [-0.2, 0) is 13.0 Å². The number of nitro groups is 1. The van der Waals surface area contributed by atoms with Crippen molar-refractivity contribution in [1.82, 2.24) is 4.90 Å². The van der Waals surface area contributed by atoms with Crippen LogP contribution in [0, 0.1) is 15.9 Å². The lowest BCUT2D eigenvalue weighted by Gasteiger charge is -2.27. The molecule has 1 aliphatic rings. The highest BCUT2D eigenvalue weighted by molar-refractivity contribution is 7.10. The number of carbonyl (C=O) groups is 1. The number of nitro benzene ring substituents is 1. The summed E-state index contributed by atoms with van der Waals surface area (Å²) in [5.41, 5.74) is 0.576. The Balaban J connectivity index is 1.86. The summed E-state index contributed by atoms with van der Waals surface area (Å²) in [6.07, 6.45) is 0.780. The van der Waals surface area contributed by atoms with Crippen molar-refractivity contribution in [2.45, 2.75) is 13.0 Å². The van der Waals surface area contributed by atoms with Crippen LogP contribution >= 0.6 is 11.3 Å². The van der Waals surface area contributed by atoms with E-state index in [1.54, 1.807) is 16.2 Å². The number of benzene rings is 1. The van der Waals surface area contributed by atoms with Gasteiger partial charge in [0, 0.05) is 29.6 Å². The van der Waals surface area contributed by atoms with Crippen molar-refractivity contribution in [3.63, 3.8) is 0 Å². The first-order valence-electron chi connectivity index (χ1n) is 6.34. The highest BCUT2D eigenvalue weighted by Crippen LogP contribution is 2.26. The monoisotopic (exact) mass is 306 g/mol. The van der Waals surface area contributed by atoms with Crippen LogP contribution in [0.2, 0.25) is 0 Å². The molecular weight excluding hydrogens is 295 g/mol. The molecule has 0 bridgehead atoms.